The summed E-state index contributed by atoms with van der Waals surface area (Å²) in [5.41, 5.74) is 0.244. The normalized spacial score (nSPS) is 20.5. The van der Waals surface area contributed by atoms with Crippen molar-refractivity contribution in [1.82, 2.24) is 5.32 Å². The van der Waals surface area contributed by atoms with E-state index < -0.39 is 11.2 Å². The van der Waals surface area contributed by atoms with Crippen molar-refractivity contribution in [3.05, 3.63) is 58.8 Å². The summed E-state index contributed by atoms with van der Waals surface area (Å²) in [7, 11) is 0. The highest BCUT2D eigenvalue weighted by molar-refractivity contribution is 7.20. The molecule has 1 amide bonds. The maximum absolute atomic E-state index is 13.7. The predicted molar refractivity (Wildman–Crippen MR) is 95.2 cm³/mol. The molecule has 1 heterocycles. The summed E-state index contributed by atoms with van der Waals surface area (Å²) in [6, 6.07) is 9.47. The van der Waals surface area contributed by atoms with Gasteiger partial charge in [-0.1, -0.05) is 31.2 Å². The highest BCUT2D eigenvalue weighted by Crippen LogP contribution is 2.29. The van der Waals surface area contributed by atoms with Gasteiger partial charge in [0.2, 0.25) is 0 Å². The third-order valence-electron chi connectivity index (χ3n) is 3.84. The fourth-order valence-electron chi connectivity index (χ4n) is 2.51. The summed E-state index contributed by atoms with van der Waals surface area (Å²) in [6.07, 6.45) is 2.78. The highest BCUT2D eigenvalue weighted by Gasteiger charge is 2.25. The molecule has 124 valence electrons. The first-order valence-electron chi connectivity index (χ1n) is 7.48. The van der Waals surface area contributed by atoms with Gasteiger partial charge in [-0.05, 0) is 29.5 Å². The number of carbonyl (C=O) groups excluding carboxylic acids is 2. The van der Waals surface area contributed by atoms with Crippen LogP contribution in [0.2, 0.25) is 0 Å². The van der Waals surface area contributed by atoms with Gasteiger partial charge in [-0.2, -0.15) is 0 Å². The van der Waals surface area contributed by atoms with Gasteiger partial charge in [0.25, 0.3) is 5.91 Å². The van der Waals surface area contributed by atoms with Crippen molar-refractivity contribution < 1.29 is 14.0 Å². The van der Waals surface area contributed by atoms with E-state index in [-0.39, 0.29) is 29.7 Å². The molecule has 3 nitrogen and oxygen atoms in total. The summed E-state index contributed by atoms with van der Waals surface area (Å²) in [6.45, 7) is 1.57. The Morgan fingerprint density at radius 1 is 1.33 bits per heavy atom. The molecule has 0 radical (unpaired) electrons. The van der Waals surface area contributed by atoms with E-state index in [0.29, 0.717) is 4.88 Å². The average molecular weight is 364 g/mol. The van der Waals surface area contributed by atoms with Crippen molar-refractivity contribution in [3.63, 3.8) is 0 Å². The molecule has 1 aromatic heterocycles. The van der Waals surface area contributed by atoms with Crippen molar-refractivity contribution >= 4 is 44.7 Å². The number of thiophene rings is 1. The number of hydrogen-bond donors (Lipinski definition) is 1. The minimum Gasteiger partial charge on any atom is -0.344 e. The van der Waals surface area contributed by atoms with Crippen LogP contribution in [0.3, 0.4) is 0 Å². The van der Waals surface area contributed by atoms with Crippen LogP contribution in [0.25, 0.3) is 10.1 Å². The van der Waals surface area contributed by atoms with E-state index in [9.17, 15) is 14.0 Å². The Morgan fingerprint density at radius 2 is 2.08 bits per heavy atom. The van der Waals surface area contributed by atoms with Crippen LogP contribution in [-0.4, -0.2) is 23.6 Å². The molecule has 1 aliphatic carbocycles. The molecule has 0 saturated heterocycles. The van der Waals surface area contributed by atoms with Gasteiger partial charge in [0.05, 0.1) is 16.8 Å². The summed E-state index contributed by atoms with van der Waals surface area (Å²) >= 11 is 7.23. The fraction of sp³-hybridized carbons (Fsp3) is 0.222. The van der Waals surface area contributed by atoms with E-state index in [1.54, 1.807) is 19.1 Å². The molecule has 0 saturated carbocycles. The summed E-state index contributed by atoms with van der Waals surface area (Å²) in [5.74, 6) is -1.44. The predicted octanol–water partition coefficient (Wildman–Crippen LogP) is 4.24. The van der Waals surface area contributed by atoms with Crippen molar-refractivity contribution in [3.8, 4) is 0 Å². The molecule has 0 spiro atoms. The quantitative estimate of drug-likeness (QED) is 0.826. The topological polar surface area (TPSA) is 46.2 Å². The first-order valence-corrected chi connectivity index (χ1v) is 8.74. The second-order valence-corrected chi connectivity index (χ2v) is 7.22. The zero-order chi connectivity index (χ0) is 17.3. The van der Waals surface area contributed by atoms with Crippen molar-refractivity contribution in [2.24, 2.45) is 5.92 Å². The first kappa shape index (κ1) is 16.9. The van der Waals surface area contributed by atoms with Gasteiger partial charge in [0, 0.05) is 10.3 Å². The molecule has 0 aliphatic heterocycles. The number of fused-ring (bicyclic) bond motifs is 1. The Hall–Kier alpha value is -1.98. The molecule has 24 heavy (non-hydrogen) atoms. The number of carbonyl (C=O) groups is 2. The van der Waals surface area contributed by atoms with Crippen LogP contribution in [0.5, 0.6) is 0 Å². The lowest BCUT2D eigenvalue weighted by atomic mass is 9.94. The monoisotopic (exact) mass is 363 g/mol. The maximum Gasteiger partial charge on any atom is 0.261 e. The number of rotatable bonds is 4. The van der Waals surface area contributed by atoms with E-state index in [1.165, 1.54) is 11.3 Å². The number of allylic oxidation sites excluding steroid dienone is 3. The molecule has 1 N–H and O–H groups in total. The Kier molecular flexibility index (Phi) is 4.83. The van der Waals surface area contributed by atoms with E-state index in [1.807, 2.05) is 24.3 Å². The number of ketones is 1. The second-order valence-electron chi connectivity index (χ2n) is 5.67. The fourth-order valence-corrected chi connectivity index (χ4v) is 3.63. The summed E-state index contributed by atoms with van der Waals surface area (Å²) < 4.78 is 14.7. The molecular weight excluding hydrogens is 349 g/mol. The van der Waals surface area contributed by atoms with E-state index in [0.717, 1.165) is 16.2 Å². The molecule has 2 unspecified atom stereocenters. The zero-order valence-corrected chi connectivity index (χ0v) is 14.5. The Balaban J connectivity index is 1.66. The van der Waals surface area contributed by atoms with Crippen molar-refractivity contribution in [2.45, 2.75) is 12.3 Å². The lowest BCUT2D eigenvalue weighted by molar-refractivity contribution is -0.114. The lowest BCUT2D eigenvalue weighted by Crippen LogP contribution is -2.30. The maximum atomic E-state index is 13.7. The first-order chi connectivity index (χ1) is 11.5. The van der Waals surface area contributed by atoms with Crippen LogP contribution in [-0.2, 0) is 4.79 Å². The highest BCUT2D eigenvalue weighted by atomic mass is 35.5. The van der Waals surface area contributed by atoms with Gasteiger partial charge in [0.1, 0.15) is 5.83 Å². The number of Topliss-reactive ketones (excluding diaryl/α,β-unsaturated/α-hetero) is 1. The Morgan fingerprint density at radius 3 is 2.79 bits per heavy atom. The van der Waals surface area contributed by atoms with Crippen LogP contribution in [0.15, 0.2) is 53.9 Å². The van der Waals surface area contributed by atoms with Crippen LogP contribution in [0.4, 0.5) is 4.39 Å². The van der Waals surface area contributed by atoms with Gasteiger partial charge in [-0.3, -0.25) is 9.59 Å². The molecule has 2 aromatic rings. The molecule has 0 bridgehead atoms. The number of halogens is 2. The van der Waals surface area contributed by atoms with Crippen molar-refractivity contribution in [1.29, 1.82) is 0 Å². The smallest absolute Gasteiger partial charge is 0.261 e. The SMILES string of the molecule is CC1C=C(C(=O)CNC(=O)c2cc3ccccc3s2)C=C(F)C1Cl. The Bertz CT molecular complexity index is 838. The number of nitrogens with one attached hydrogen (secondary N) is 1. The van der Waals surface area contributed by atoms with Gasteiger partial charge < -0.3 is 5.32 Å². The molecule has 0 fully saturated rings. The zero-order valence-electron chi connectivity index (χ0n) is 12.9. The van der Waals surface area contributed by atoms with E-state index >= 15 is 0 Å². The summed E-state index contributed by atoms with van der Waals surface area (Å²) in [5, 5.41) is 2.84. The third kappa shape index (κ3) is 3.42. The number of amides is 1. The molecule has 3 rings (SSSR count). The van der Waals surface area contributed by atoms with Crippen LogP contribution < -0.4 is 5.32 Å². The van der Waals surface area contributed by atoms with E-state index in [2.05, 4.69) is 5.32 Å². The Labute approximate surface area is 147 Å². The van der Waals surface area contributed by atoms with Gasteiger partial charge >= 0.3 is 0 Å². The average Bonchev–Trinajstić information content (AvgIpc) is 3.01. The van der Waals surface area contributed by atoms with Gasteiger partial charge in [-0.25, -0.2) is 4.39 Å². The standard InChI is InChI=1S/C18H15ClFNO2S/c1-10-6-12(7-13(20)17(10)19)14(22)9-21-18(23)16-8-11-4-2-3-5-15(11)24-16/h2-8,10,17H,9H2,1H3,(H,21,23). The molecule has 1 aliphatic rings. The van der Waals surface area contributed by atoms with Gasteiger partial charge in [0.15, 0.2) is 5.78 Å². The van der Waals surface area contributed by atoms with E-state index in [4.69, 9.17) is 11.6 Å². The number of hydrogen-bond acceptors (Lipinski definition) is 3. The lowest BCUT2D eigenvalue weighted by Gasteiger charge is -2.19. The van der Waals surface area contributed by atoms with Crippen molar-refractivity contribution in [2.75, 3.05) is 6.54 Å². The minimum atomic E-state index is -0.741. The molecular formula is C18H15ClFNO2S. The third-order valence-corrected chi connectivity index (χ3v) is 5.56. The summed E-state index contributed by atoms with van der Waals surface area (Å²) in [4.78, 5) is 24.9. The number of benzene rings is 1. The van der Waals surface area contributed by atoms with Gasteiger partial charge in [-0.15, -0.1) is 22.9 Å². The molecule has 1 aromatic carbocycles. The van der Waals surface area contributed by atoms with Crippen LogP contribution >= 0.6 is 22.9 Å². The van der Waals surface area contributed by atoms with Crippen LogP contribution in [0, 0.1) is 5.92 Å². The second kappa shape index (κ2) is 6.87. The number of alkyl halides is 1. The molecule has 6 heteroatoms. The minimum absolute atomic E-state index is 0.178. The largest absolute Gasteiger partial charge is 0.344 e. The molecule has 2 atom stereocenters. The van der Waals surface area contributed by atoms with Crippen LogP contribution in [0.1, 0.15) is 16.6 Å².